The van der Waals surface area contributed by atoms with E-state index in [1.807, 2.05) is 12.1 Å². The first-order valence-electron chi connectivity index (χ1n) is 4.87. The number of hydrogen-bond donors (Lipinski definition) is 2. The maximum absolute atomic E-state index is 9.02. The highest BCUT2D eigenvalue weighted by molar-refractivity contribution is 9.10. The number of nitrogen functional groups attached to an aromatic ring is 1. The van der Waals surface area contributed by atoms with Crippen LogP contribution in [0.15, 0.2) is 41.0 Å². The third-order valence-corrected chi connectivity index (χ3v) is 2.64. The molecule has 5 heteroatoms. The van der Waals surface area contributed by atoms with Crippen molar-refractivity contribution in [3.05, 3.63) is 46.6 Å². The highest BCUT2D eigenvalue weighted by Gasteiger charge is 2.03. The molecule has 1 heterocycles. The van der Waals surface area contributed by atoms with Crippen molar-refractivity contribution in [1.82, 2.24) is 4.98 Å². The van der Waals surface area contributed by atoms with Gasteiger partial charge in [-0.3, -0.25) is 0 Å². The summed E-state index contributed by atoms with van der Waals surface area (Å²) in [6.45, 7) is 0. The van der Waals surface area contributed by atoms with E-state index in [0.29, 0.717) is 22.8 Å². The Kier molecular flexibility index (Phi) is 3.26. The monoisotopic (exact) mass is 288 g/mol. The molecule has 0 radical (unpaired) electrons. The normalized spacial score (nSPS) is 9.65. The van der Waals surface area contributed by atoms with Gasteiger partial charge in [0.15, 0.2) is 0 Å². The van der Waals surface area contributed by atoms with Crippen molar-refractivity contribution in [3.8, 4) is 6.07 Å². The number of nitriles is 1. The summed E-state index contributed by atoms with van der Waals surface area (Å²) in [4.78, 5) is 4.12. The molecule has 2 rings (SSSR count). The minimum atomic E-state index is 0.545. The van der Waals surface area contributed by atoms with Crippen LogP contribution in [0.3, 0.4) is 0 Å². The fourth-order valence-electron chi connectivity index (χ4n) is 1.37. The van der Waals surface area contributed by atoms with Crippen LogP contribution >= 0.6 is 15.9 Å². The van der Waals surface area contributed by atoms with E-state index < -0.39 is 0 Å². The molecule has 0 bridgehead atoms. The Bertz CT molecular complexity index is 589. The Balaban J connectivity index is 2.34. The van der Waals surface area contributed by atoms with Gasteiger partial charge in [0.1, 0.15) is 11.9 Å². The van der Waals surface area contributed by atoms with E-state index >= 15 is 0 Å². The van der Waals surface area contributed by atoms with E-state index in [1.165, 1.54) is 0 Å². The molecule has 0 atom stereocenters. The fourth-order valence-corrected chi connectivity index (χ4v) is 1.73. The average molecular weight is 289 g/mol. The largest absolute Gasteiger partial charge is 0.399 e. The van der Waals surface area contributed by atoms with Gasteiger partial charge < -0.3 is 11.1 Å². The Morgan fingerprint density at radius 1 is 1.29 bits per heavy atom. The first-order valence-corrected chi connectivity index (χ1v) is 5.66. The van der Waals surface area contributed by atoms with Gasteiger partial charge in [-0.25, -0.2) is 4.98 Å². The SMILES string of the molecule is N#Cc1cc(Br)ccc1Nc1cc(N)ccn1. The van der Waals surface area contributed by atoms with Crippen molar-refractivity contribution in [2.24, 2.45) is 0 Å². The van der Waals surface area contributed by atoms with Crippen LogP contribution in [0, 0.1) is 11.3 Å². The molecule has 1 aromatic carbocycles. The first kappa shape index (κ1) is 11.4. The van der Waals surface area contributed by atoms with Crippen LogP contribution < -0.4 is 11.1 Å². The average Bonchev–Trinajstić information content (AvgIpc) is 2.31. The molecule has 0 aliphatic carbocycles. The maximum Gasteiger partial charge on any atom is 0.132 e. The Hall–Kier alpha value is -2.06. The molecule has 4 nitrogen and oxygen atoms in total. The molecular weight excluding hydrogens is 280 g/mol. The van der Waals surface area contributed by atoms with Gasteiger partial charge in [-0.05, 0) is 24.3 Å². The lowest BCUT2D eigenvalue weighted by Crippen LogP contribution is -1.97. The molecule has 0 aliphatic rings. The second-order valence-corrected chi connectivity index (χ2v) is 4.32. The van der Waals surface area contributed by atoms with E-state index in [-0.39, 0.29) is 0 Å². The van der Waals surface area contributed by atoms with Gasteiger partial charge >= 0.3 is 0 Å². The van der Waals surface area contributed by atoms with E-state index in [4.69, 9.17) is 11.0 Å². The smallest absolute Gasteiger partial charge is 0.132 e. The van der Waals surface area contributed by atoms with Crippen LogP contribution in [0.1, 0.15) is 5.56 Å². The molecule has 3 N–H and O–H groups in total. The highest BCUT2D eigenvalue weighted by atomic mass is 79.9. The molecule has 0 spiro atoms. The lowest BCUT2D eigenvalue weighted by Gasteiger charge is -2.07. The molecule has 0 unspecified atom stereocenters. The van der Waals surface area contributed by atoms with Crippen molar-refractivity contribution >= 4 is 33.1 Å². The van der Waals surface area contributed by atoms with Crippen molar-refractivity contribution in [3.63, 3.8) is 0 Å². The zero-order valence-corrected chi connectivity index (χ0v) is 10.4. The number of anilines is 3. The summed E-state index contributed by atoms with van der Waals surface area (Å²) in [7, 11) is 0. The lowest BCUT2D eigenvalue weighted by atomic mass is 10.2. The van der Waals surface area contributed by atoms with Crippen LogP contribution in [0.4, 0.5) is 17.2 Å². The summed E-state index contributed by atoms with van der Waals surface area (Å²) in [6, 6.07) is 11.0. The number of nitrogens with one attached hydrogen (secondary N) is 1. The third-order valence-electron chi connectivity index (χ3n) is 2.15. The summed E-state index contributed by atoms with van der Waals surface area (Å²) in [6.07, 6.45) is 1.61. The highest BCUT2D eigenvalue weighted by Crippen LogP contribution is 2.23. The van der Waals surface area contributed by atoms with E-state index in [9.17, 15) is 0 Å². The van der Waals surface area contributed by atoms with Crippen LogP contribution in [-0.4, -0.2) is 4.98 Å². The molecule has 17 heavy (non-hydrogen) atoms. The number of pyridine rings is 1. The van der Waals surface area contributed by atoms with Crippen molar-refractivity contribution in [1.29, 1.82) is 5.26 Å². The van der Waals surface area contributed by atoms with E-state index in [2.05, 4.69) is 32.3 Å². The molecule has 2 aromatic rings. The zero-order chi connectivity index (χ0) is 12.3. The summed E-state index contributed by atoms with van der Waals surface area (Å²) in [5, 5.41) is 12.1. The maximum atomic E-state index is 9.02. The number of aromatic nitrogens is 1. The van der Waals surface area contributed by atoms with Gasteiger partial charge in [-0.2, -0.15) is 5.26 Å². The third kappa shape index (κ3) is 2.74. The van der Waals surface area contributed by atoms with Crippen molar-refractivity contribution < 1.29 is 0 Å². The first-order chi connectivity index (χ1) is 8.19. The van der Waals surface area contributed by atoms with Gasteiger partial charge in [-0.1, -0.05) is 15.9 Å². The minimum Gasteiger partial charge on any atom is -0.399 e. The van der Waals surface area contributed by atoms with Crippen LogP contribution in [0.5, 0.6) is 0 Å². The number of nitrogens with two attached hydrogens (primary N) is 1. The van der Waals surface area contributed by atoms with Gasteiger partial charge in [0, 0.05) is 22.4 Å². The quantitative estimate of drug-likeness (QED) is 0.891. The lowest BCUT2D eigenvalue weighted by molar-refractivity contribution is 1.30. The molecule has 0 fully saturated rings. The van der Waals surface area contributed by atoms with Crippen LogP contribution in [0.25, 0.3) is 0 Å². The molecule has 84 valence electrons. The second-order valence-electron chi connectivity index (χ2n) is 3.40. The van der Waals surface area contributed by atoms with Crippen LogP contribution in [-0.2, 0) is 0 Å². The molecular formula is C12H9BrN4. The second kappa shape index (κ2) is 4.85. The van der Waals surface area contributed by atoms with E-state index in [1.54, 1.807) is 24.4 Å². The number of hydrogen-bond acceptors (Lipinski definition) is 4. The Morgan fingerprint density at radius 3 is 2.82 bits per heavy atom. The molecule has 1 aromatic heterocycles. The van der Waals surface area contributed by atoms with Crippen molar-refractivity contribution in [2.75, 3.05) is 11.1 Å². The summed E-state index contributed by atoms with van der Waals surface area (Å²) in [5.74, 6) is 0.615. The minimum absolute atomic E-state index is 0.545. The van der Waals surface area contributed by atoms with Gasteiger partial charge in [0.2, 0.25) is 0 Å². The van der Waals surface area contributed by atoms with Crippen molar-refractivity contribution in [2.45, 2.75) is 0 Å². The Labute approximate surface area is 107 Å². The summed E-state index contributed by atoms with van der Waals surface area (Å²) < 4.78 is 0.861. The van der Waals surface area contributed by atoms with Gasteiger partial charge in [0.25, 0.3) is 0 Å². The van der Waals surface area contributed by atoms with Gasteiger partial charge in [-0.15, -0.1) is 0 Å². The number of rotatable bonds is 2. The summed E-state index contributed by atoms with van der Waals surface area (Å²) >= 11 is 3.32. The predicted molar refractivity (Wildman–Crippen MR) is 70.8 cm³/mol. The van der Waals surface area contributed by atoms with E-state index in [0.717, 1.165) is 4.47 Å². The Morgan fingerprint density at radius 2 is 2.12 bits per heavy atom. The fraction of sp³-hybridized carbons (Fsp3) is 0. The summed E-state index contributed by atoms with van der Waals surface area (Å²) in [5.41, 5.74) is 7.53. The molecule has 0 saturated heterocycles. The number of halogens is 1. The van der Waals surface area contributed by atoms with Gasteiger partial charge in [0.05, 0.1) is 11.3 Å². The molecule has 0 amide bonds. The molecule has 0 saturated carbocycles. The predicted octanol–water partition coefficient (Wildman–Crippen LogP) is 3.04. The van der Waals surface area contributed by atoms with Crippen LogP contribution in [0.2, 0.25) is 0 Å². The standard InChI is InChI=1S/C12H9BrN4/c13-9-1-2-11(8(5-9)7-14)17-12-6-10(15)3-4-16-12/h1-6H,(H3,15,16,17). The number of nitrogens with zero attached hydrogens (tertiary/aromatic N) is 2. The molecule has 0 aliphatic heterocycles. The number of benzene rings is 1. The zero-order valence-electron chi connectivity index (χ0n) is 8.81. The topological polar surface area (TPSA) is 74.7 Å².